The van der Waals surface area contributed by atoms with Crippen molar-refractivity contribution in [2.75, 3.05) is 7.11 Å². The Morgan fingerprint density at radius 2 is 1.93 bits per heavy atom. The van der Waals surface area contributed by atoms with Crippen LogP contribution in [0.15, 0.2) is 0 Å². The van der Waals surface area contributed by atoms with Crippen molar-refractivity contribution >= 4 is 21.6 Å². The summed E-state index contributed by atoms with van der Waals surface area (Å²) in [4.78, 5) is 9.22. The van der Waals surface area contributed by atoms with Gasteiger partial charge in [0.2, 0.25) is 11.8 Å². The van der Waals surface area contributed by atoms with Crippen LogP contribution in [0, 0.1) is 20.5 Å². The SMILES string of the molecule is COC(C(C)=[N+]([O-])[O-])[C@](C)(Br)[N+](=O)[O-]. The van der Waals surface area contributed by atoms with Crippen LogP contribution in [0.4, 0.5) is 0 Å². The van der Waals surface area contributed by atoms with Gasteiger partial charge in [-0.15, -0.1) is 0 Å². The monoisotopic (exact) mass is 269 g/mol. The van der Waals surface area contributed by atoms with E-state index in [4.69, 9.17) is 4.74 Å². The Kier molecular flexibility index (Phi) is 4.27. The molecule has 0 aromatic carbocycles. The highest BCUT2D eigenvalue weighted by molar-refractivity contribution is 9.10. The lowest BCUT2D eigenvalue weighted by Gasteiger charge is -2.23. The minimum absolute atomic E-state index is 0.316. The second-order valence-electron chi connectivity index (χ2n) is 2.80. The molecule has 0 heterocycles. The largest absolute Gasteiger partial charge is 0.612 e. The standard InChI is InChI=1S/C6H10BrN2O5/c1-4(8(10)11)5(14-3)6(2,7)9(12)13/h5H,1-3H3/q-1/t5?,6-/m1/s1. The molecule has 0 saturated carbocycles. The van der Waals surface area contributed by atoms with E-state index in [1.165, 1.54) is 21.0 Å². The Labute approximate surface area is 88.8 Å². The van der Waals surface area contributed by atoms with E-state index in [2.05, 4.69) is 15.9 Å². The summed E-state index contributed by atoms with van der Waals surface area (Å²) >= 11 is 2.79. The molecule has 0 saturated heterocycles. The molecule has 0 aliphatic carbocycles. The van der Waals surface area contributed by atoms with Crippen molar-refractivity contribution in [1.29, 1.82) is 0 Å². The number of halogens is 1. The first-order valence-electron chi connectivity index (χ1n) is 3.59. The maximum atomic E-state index is 10.6. The third-order valence-electron chi connectivity index (χ3n) is 1.74. The molecule has 0 aromatic heterocycles. The number of methoxy groups -OCH3 is 1. The Morgan fingerprint density at radius 1 is 1.50 bits per heavy atom. The van der Waals surface area contributed by atoms with Gasteiger partial charge in [-0.2, -0.15) is 4.90 Å². The van der Waals surface area contributed by atoms with Gasteiger partial charge in [-0.3, -0.25) is 10.1 Å². The van der Waals surface area contributed by atoms with Crippen LogP contribution >= 0.6 is 15.9 Å². The summed E-state index contributed by atoms with van der Waals surface area (Å²) in [5, 5.41) is 31.4. The molecular formula is C6H10BrN2O5-. The van der Waals surface area contributed by atoms with Crippen LogP contribution in [0.3, 0.4) is 0 Å². The van der Waals surface area contributed by atoms with Gasteiger partial charge in [0.25, 0.3) is 0 Å². The Balaban J connectivity index is 5.10. The van der Waals surface area contributed by atoms with Crippen LogP contribution in [0.25, 0.3) is 0 Å². The van der Waals surface area contributed by atoms with Crippen LogP contribution in [0.5, 0.6) is 0 Å². The number of ether oxygens (including phenoxy) is 1. The topological polar surface area (TPSA) is 102 Å². The Bertz CT molecular complexity index is 261. The summed E-state index contributed by atoms with van der Waals surface area (Å²) in [6.07, 6.45) is -1.22. The molecule has 0 fully saturated rings. The third-order valence-corrected chi connectivity index (χ3v) is 2.44. The molecular weight excluding hydrogens is 260 g/mol. The highest BCUT2D eigenvalue weighted by atomic mass is 79.9. The lowest BCUT2D eigenvalue weighted by molar-refractivity contribution is -0.541. The molecule has 0 amide bonds. The molecule has 14 heavy (non-hydrogen) atoms. The van der Waals surface area contributed by atoms with E-state index >= 15 is 0 Å². The van der Waals surface area contributed by atoms with Gasteiger partial charge in [0.05, 0.1) is 0 Å². The van der Waals surface area contributed by atoms with E-state index in [0.717, 1.165) is 0 Å². The van der Waals surface area contributed by atoms with Gasteiger partial charge >= 0.3 is 4.45 Å². The first-order valence-corrected chi connectivity index (χ1v) is 4.38. The fraction of sp³-hybridized carbons (Fsp3) is 0.833. The van der Waals surface area contributed by atoms with Gasteiger partial charge in [-0.05, 0) is 0 Å². The zero-order chi connectivity index (χ0) is 11.5. The van der Waals surface area contributed by atoms with Crippen molar-refractivity contribution in [3.05, 3.63) is 20.5 Å². The highest BCUT2D eigenvalue weighted by Crippen LogP contribution is 2.25. The molecule has 82 valence electrons. The minimum Gasteiger partial charge on any atom is -0.612 e. The summed E-state index contributed by atoms with van der Waals surface area (Å²) < 4.78 is 3.04. The fourth-order valence-corrected chi connectivity index (χ4v) is 1.48. The van der Waals surface area contributed by atoms with Crippen molar-refractivity contribution < 1.29 is 14.6 Å². The number of nitro groups is 1. The second kappa shape index (κ2) is 4.56. The van der Waals surface area contributed by atoms with E-state index < -0.39 is 20.4 Å². The number of hydrogen-bond donors (Lipinski definition) is 0. The predicted octanol–water partition coefficient (Wildman–Crippen LogP) is 0.858. The molecule has 8 heteroatoms. The van der Waals surface area contributed by atoms with Crippen molar-refractivity contribution in [2.24, 2.45) is 0 Å². The van der Waals surface area contributed by atoms with Crippen LogP contribution < -0.4 is 0 Å². The molecule has 0 N–H and O–H groups in total. The van der Waals surface area contributed by atoms with Gasteiger partial charge in [0, 0.05) is 41.8 Å². The smallest absolute Gasteiger partial charge is 0.307 e. The summed E-state index contributed by atoms with van der Waals surface area (Å²) in [5.41, 5.74) is -0.316. The van der Waals surface area contributed by atoms with Gasteiger partial charge in [-0.25, -0.2) is 0 Å². The average molecular weight is 270 g/mol. The van der Waals surface area contributed by atoms with Crippen LogP contribution in [-0.2, 0) is 4.74 Å². The molecule has 0 spiro atoms. The van der Waals surface area contributed by atoms with E-state index in [1.54, 1.807) is 0 Å². The maximum absolute atomic E-state index is 10.6. The molecule has 0 aliphatic rings. The molecule has 0 aromatic rings. The molecule has 0 aliphatic heterocycles. The number of nitrogens with zero attached hydrogens (tertiary/aromatic N) is 2. The van der Waals surface area contributed by atoms with Gasteiger partial charge < -0.3 is 15.2 Å². The van der Waals surface area contributed by atoms with Crippen molar-refractivity contribution in [2.45, 2.75) is 24.4 Å². The normalized spacial score (nSPS) is 16.9. The van der Waals surface area contributed by atoms with Crippen molar-refractivity contribution in [3.63, 3.8) is 0 Å². The first kappa shape index (κ1) is 13.1. The lowest BCUT2D eigenvalue weighted by atomic mass is 10.1. The van der Waals surface area contributed by atoms with Gasteiger partial charge in [-0.1, -0.05) is 0 Å². The quantitative estimate of drug-likeness (QED) is 0.188. The third kappa shape index (κ3) is 2.55. The highest BCUT2D eigenvalue weighted by Gasteiger charge is 2.48. The Hall–Kier alpha value is -0.890. The van der Waals surface area contributed by atoms with E-state index in [1.807, 2.05) is 0 Å². The summed E-state index contributed by atoms with van der Waals surface area (Å²) in [7, 11) is 1.18. The summed E-state index contributed by atoms with van der Waals surface area (Å²) in [5.74, 6) is 0. The fourth-order valence-electron chi connectivity index (χ4n) is 0.958. The zero-order valence-electron chi connectivity index (χ0n) is 7.89. The molecule has 0 bridgehead atoms. The maximum Gasteiger partial charge on any atom is 0.307 e. The van der Waals surface area contributed by atoms with Crippen LogP contribution in [0.1, 0.15) is 13.8 Å². The lowest BCUT2D eigenvalue weighted by Crippen LogP contribution is -2.47. The van der Waals surface area contributed by atoms with Crippen LogP contribution in [0.2, 0.25) is 0 Å². The van der Waals surface area contributed by atoms with Crippen molar-refractivity contribution in [3.8, 4) is 0 Å². The van der Waals surface area contributed by atoms with Gasteiger partial charge in [0.15, 0.2) is 0 Å². The number of alkyl halides is 1. The van der Waals surface area contributed by atoms with Crippen molar-refractivity contribution in [1.82, 2.24) is 0 Å². The first-order chi connectivity index (χ1) is 6.25. The molecule has 0 rings (SSSR count). The van der Waals surface area contributed by atoms with Gasteiger partial charge in [0.1, 0.15) is 0 Å². The molecule has 0 radical (unpaired) electrons. The summed E-state index contributed by atoms with van der Waals surface area (Å²) in [6, 6.07) is 0. The average Bonchev–Trinajstić information content (AvgIpc) is 2.04. The number of rotatable bonds is 4. The summed E-state index contributed by atoms with van der Waals surface area (Å²) in [6.45, 7) is 2.38. The molecule has 2 atom stereocenters. The van der Waals surface area contributed by atoms with E-state index in [0.29, 0.717) is 0 Å². The number of hydrogen-bond acceptors (Lipinski definition) is 5. The minimum atomic E-state index is -1.70. The van der Waals surface area contributed by atoms with Crippen LogP contribution in [-0.4, -0.2) is 33.2 Å². The van der Waals surface area contributed by atoms with E-state index in [-0.39, 0.29) is 5.71 Å². The molecule has 7 nitrogen and oxygen atoms in total. The van der Waals surface area contributed by atoms with E-state index in [9.17, 15) is 20.5 Å². The predicted molar refractivity (Wildman–Crippen MR) is 52.8 cm³/mol. The second-order valence-corrected chi connectivity index (χ2v) is 4.40. The molecule has 1 unspecified atom stereocenters. The Morgan fingerprint density at radius 3 is 2.14 bits per heavy atom. The zero-order valence-corrected chi connectivity index (χ0v) is 9.48.